The third-order valence-corrected chi connectivity index (χ3v) is 7.86. The van der Waals surface area contributed by atoms with Crippen LogP contribution in [0.15, 0.2) is 42.6 Å². The molecule has 0 unspecified atom stereocenters. The maximum Gasteiger partial charge on any atom is 0.421 e. The van der Waals surface area contributed by atoms with Crippen molar-refractivity contribution in [2.75, 3.05) is 68.2 Å². The van der Waals surface area contributed by atoms with Crippen molar-refractivity contribution in [3.05, 3.63) is 59.3 Å². The number of urea groups is 1. The molecule has 0 aliphatic carbocycles. The van der Waals surface area contributed by atoms with E-state index in [9.17, 15) is 22.8 Å². The highest BCUT2D eigenvalue weighted by Crippen LogP contribution is 2.41. The Morgan fingerprint density at radius 3 is 2.52 bits per heavy atom. The number of rotatable bonds is 7. The van der Waals surface area contributed by atoms with Gasteiger partial charge in [-0.1, -0.05) is 12.1 Å². The fourth-order valence-electron chi connectivity index (χ4n) is 5.48. The van der Waals surface area contributed by atoms with Gasteiger partial charge < -0.3 is 35.4 Å². The number of fused-ring (bicyclic) bond motifs is 1. The predicted octanol–water partition coefficient (Wildman–Crippen LogP) is 4.89. The van der Waals surface area contributed by atoms with Gasteiger partial charge in [0.1, 0.15) is 17.1 Å². The van der Waals surface area contributed by atoms with E-state index in [2.05, 4.69) is 30.8 Å². The molecule has 1 fully saturated rings. The van der Waals surface area contributed by atoms with Crippen LogP contribution in [0.25, 0.3) is 0 Å². The highest BCUT2D eigenvalue weighted by molar-refractivity contribution is 6.06. The first kappa shape index (κ1) is 30.7. The largest absolute Gasteiger partial charge is 0.494 e. The number of aromatic nitrogens is 2. The van der Waals surface area contributed by atoms with E-state index in [1.807, 2.05) is 12.1 Å². The Balaban J connectivity index is 1.35. The van der Waals surface area contributed by atoms with Crippen LogP contribution in [-0.4, -0.2) is 79.1 Å². The van der Waals surface area contributed by atoms with Crippen molar-refractivity contribution in [1.82, 2.24) is 19.8 Å². The van der Waals surface area contributed by atoms with Gasteiger partial charge in [-0.2, -0.15) is 18.2 Å². The molecule has 0 atom stereocenters. The lowest BCUT2D eigenvalue weighted by atomic mass is 9.83. The fraction of sp³-hybridized carbons (Fsp3) is 0.400. The maximum absolute atomic E-state index is 13.9. The van der Waals surface area contributed by atoms with E-state index in [0.29, 0.717) is 48.9 Å². The molecule has 14 heteroatoms. The molecule has 0 bridgehead atoms. The molecule has 0 spiro atoms. The fourth-order valence-corrected chi connectivity index (χ4v) is 5.48. The van der Waals surface area contributed by atoms with Crippen LogP contribution >= 0.6 is 0 Å². The van der Waals surface area contributed by atoms with Crippen molar-refractivity contribution < 1.29 is 27.5 Å². The molecule has 44 heavy (non-hydrogen) atoms. The molecule has 3 heterocycles. The van der Waals surface area contributed by atoms with Crippen LogP contribution in [0, 0.1) is 0 Å². The molecule has 1 saturated heterocycles. The Bertz CT molecular complexity index is 1570. The topological polar surface area (TPSA) is 115 Å². The van der Waals surface area contributed by atoms with Crippen molar-refractivity contribution in [2.45, 2.75) is 32.0 Å². The number of nitrogens with one attached hydrogen (secondary N) is 3. The Hall–Kier alpha value is -4.75. The molecular weight excluding hydrogens is 577 g/mol. The molecule has 0 saturated carbocycles. The second-order valence-electron chi connectivity index (χ2n) is 11.4. The van der Waals surface area contributed by atoms with Gasteiger partial charge in [-0.25, -0.2) is 9.78 Å². The Kier molecular flexibility index (Phi) is 8.19. The van der Waals surface area contributed by atoms with Crippen LogP contribution in [0.4, 0.5) is 46.8 Å². The van der Waals surface area contributed by atoms with Gasteiger partial charge in [-0.15, -0.1) is 0 Å². The van der Waals surface area contributed by atoms with E-state index in [1.165, 1.54) is 7.11 Å². The number of amides is 3. The average Bonchev–Trinajstić information content (AvgIpc) is 3.23. The second-order valence-corrected chi connectivity index (χ2v) is 11.4. The first-order valence-electron chi connectivity index (χ1n) is 14.1. The van der Waals surface area contributed by atoms with Gasteiger partial charge in [-0.05, 0) is 43.2 Å². The van der Waals surface area contributed by atoms with Crippen LogP contribution in [-0.2, 0) is 22.9 Å². The second kappa shape index (κ2) is 11.7. The summed E-state index contributed by atoms with van der Waals surface area (Å²) in [5.41, 5.74) is 1.55. The Labute approximate surface area is 253 Å². The van der Waals surface area contributed by atoms with Gasteiger partial charge in [0.05, 0.1) is 18.2 Å². The maximum atomic E-state index is 13.9. The lowest BCUT2D eigenvalue weighted by Gasteiger charge is -2.37. The predicted molar refractivity (Wildman–Crippen MR) is 162 cm³/mol. The smallest absolute Gasteiger partial charge is 0.421 e. The number of methoxy groups -OCH3 is 1. The summed E-state index contributed by atoms with van der Waals surface area (Å²) in [6.45, 7) is 5.98. The number of halogens is 3. The highest BCUT2D eigenvalue weighted by atomic mass is 19.4. The standard InChI is InChI=1S/C30H35F3N8O3/c1-29(2)24-18(7-6-8-22(24)36-26(29)42)16-34-25-20(30(31,32)33)17-35-27(38-25)37-21-10-9-19(15-23(21)44-5)40-11-13-41(14-12-40)28(43)39(3)4/h6-10,15,17H,11-14,16H2,1-5H3,(H,36,42)(H2,34,35,37,38). The lowest BCUT2D eigenvalue weighted by Crippen LogP contribution is -2.51. The molecule has 3 N–H and O–H groups in total. The summed E-state index contributed by atoms with van der Waals surface area (Å²) in [4.78, 5) is 38.3. The zero-order valence-corrected chi connectivity index (χ0v) is 25.2. The summed E-state index contributed by atoms with van der Waals surface area (Å²) in [6.07, 6.45) is -3.96. The SMILES string of the molecule is COc1cc(N2CCN(C(=O)N(C)C)CC2)ccc1Nc1ncc(C(F)(F)F)c(NCc2cccc3c2C(C)(C)C(=O)N3)n1. The summed E-state index contributed by atoms with van der Waals surface area (Å²) in [5, 5.41) is 8.63. The number of anilines is 5. The lowest BCUT2D eigenvalue weighted by molar-refractivity contribution is -0.137. The van der Waals surface area contributed by atoms with E-state index in [4.69, 9.17) is 4.74 Å². The van der Waals surface area contributed by atoms with Crippen LogP contribution < -0.4 is 25.6 Å². The molecule has 5 rings (SSSR count). The minimum Gasteiger partial charge on any atom is -0.494 e. The summed E-state index contributed by atoms with van der Waals surface area (Å²) >= 11 is 0. The van der Waals surface area contributed by atoms with Gasteiger partial charge in [-0.3, -0.25) is 4.79 Å². The molecule has 234 valence electrons. The number of hydrogen-bond acceptors (Lipinski definition) is 8. The van der Waals surface area contributed by atoms with E-state index in [1.54, 1.807) is 62.0 Å². The first-order valence-corrected chi connectivity index (χ1v) is 14.1. The number of ether oxygens (including phenoxy) is 1. The van der Waals surface area contributed by atoms with Crippen LogP contribution in [0.1, 0.15) is 30.5 Å². The van der Waals surface area contributed by atoms with Crippen LogP contribution in [0.5, 0.6) is 5.75 Å². The zero-order valence-electron chi connectivity index (χ0n) is 25.2. The average molecular weight is 613 g/mol. The van der Waals surface area contributed by atoms with Crippen molar-refractivity contribution in [3.8, 4) is 5.75 Å². The number of carbonyl (C=O) groups excluding carboxylic acids is 2. The molecule has 3 aromatic rings. The molecule has 3 amide bonds. The molecule has 2 aliphatic rings. The molecule has 1 aromatic heterocycles. The summed E-state index contributed by atoms with van der Waals surface area (Å²) in [5.74, 6) is -0.182. The van der Waals surface area contributed by atoms with Gasteiger partial charge in [0, 0.05) is 70.5 Å². The third-order valence-electron chi connectivity index (χ3n) is 7.86. The van der Waals surface area contributed by atoms with Gasteiger partial charge in [0.2, 0.25) is 11.9 Å². The van der Waals surface area contributed by atoms with Crippen LogP contribution in [0.2, 0.25) is 0 Å². The van der Waals surface area contributed by atoms with Crippen molar-refractivity contribution >= 4 is 40.8 Å². The van der Waals surface area contributed by atoms with Gasteiger partial charge in [0.15, 0.2) is 0 Å². The molecule has 2 aliphatic heterocycles. The summed E-state index contributed by atoms with van der Waals surface area (Å²) in [7, 11) is 4.94. The monoisotopic (exact) mass is 612 g/mol. The van der Waals surface area contributed by atoms with E-state index in [-0.39, 0.29) is 24.4 Å². The van der Waals surface area contributed by atoms with Gasteiger partial charge in [0.25, 0.3) is 0 Å². The van der Waals surface area contributed by atoms with Crippen molar-refractivity contribution in [3.63, 3.8) is 0 Å². The highest BCUT2D eigenvalue weighted by Gasteiger charge is 2.40. The zero-order chi connectivity index (χ0) is 31.8. The quantitative estimate of drug-likeness (QED) is 0.346. The molecule has 0 radical (unpaired) electrons. The third kappa shape index (κ3) is 6.01. The molecule has 11 nitrogen and oxygen atoms in total. The molecular formula is C30H35F3N8O3. The van der Waals surface area contributed by atoms with E-state index in [0.717, 1.165) is 17.4 Å². The summed E-state index contributed by atoms with van der Waals surface area (Å²) < 4.78 is 47.4. The van der Waals surface area contributed by atoms with Crippen molar-refractivity contribution in [1.29, 1.82) is 0 Å². The Morgan fingerprint density at radius 1 is 1.14 bits per heavy atom. The number of carbonyl (C=O) groups is 2. The number of nitrogens with zero attached hydrogens (tertiary/aromatic N) is 5. The van der Waals surface area contributed by atoms with E-state index >= 15 is 0 Å². The van der Waals surface area contributed by atoms with Crippen molar-refractivity contribution in [2.24, 2.45) is 0 Å². The number of benzene rings is 2. The number of alkyl halides is 3. The first-order chi connectivity index (χ1) is 20.8. The molecule has 2 aromatic carbocycles. The minimum atomic E-state index is -4.70. The Morgan fingerprint density at radius 2 is 1.86 bits per heavy atom. The summed E-state index contributed by atoms with van der Waals surface area (Å²) in [6, 6.07) is 10.7. The normalized spacial score (nSPS) is 15.9. The number of hydrogen-bond donors (Lipinski definition) is 3. The number of piperazine rings is 1. The van der Waals surface area contributed by atoms with Gasteiger partial charge >= 0.3 is 12.2 Å². The minimum absolute atomic E-state index is 0.00647. The van der Waals surface area contributed by atoms with Crippen LogP contribution in [0.3, 0.4) is 0 Å². The van der Waals surface area contributed by atoms with E-state index < -0.39 is 23.0 Å².